The van der Waals surface area contributed by atoms with Gasteiger partial charge in [0.2, 0.25) is 0 Å². The Balaban J connectivity index is 3.05. The number of aromatic hydroxyl groups is 1. The molecule has 0 aliphatic heterocycles. The van der Waals surface area contributed by atoms with Crippen LogP contribution in [0.5, 0.6) is 5.75 Å². The van der Waals surface area contributed by atoms with Crippen LogP contribution in [0.15, 0.2) is 23.3 Å². The van der Waals surface area contributed by atoms with Gasteiger partial charge in [0.1, 0.15) is 5.75 Å². The summed E-state index contributed by atoms with van der Waals surface area (Å²) in [5.74, 6) is -1.43. The number of nitrogens with one attached hydrogen (secondary N) is 1. The minimum atomic E-state index is -1.12. The zero-order chi connectivity index (χ0) is 14.7. The second-order valence-corrected chi connectivity index (χ2v) is 4.46. The number of carbonyl (C=O) groups is 2. The van der Waals surface area contributed by atoms with Gasteiger partial charge in [0, 0.05) is 16.8 Å². The van der Waals surface area contributed by atoms with E-state index in [-0.39, 0.29) is 16.9 Å². The Bertz CT molecular complexity index is 573. The molecule has 5 heteroatoms. The van der Waals surface area contributed by atoms with Crippen molar-refractivity contribution in [2.75, 3.05) is 5.32 Å². The molecule has 102 valence electrons. The fraction of sp³-hybridized carbons (Fsp3) is 0.286. The molecule has 0 heterocycles. The van der Waals surface area contributed by atoms with Gasteiger partial charge in [-0.3, -0.25) is 4.79 Å². The molecule has 3 N–H and O–H groups in total. The largest absolute Gasteiger partial charge is 0.508 e. The number of anilines is 1. The fourth-order valence-electron chi connectivity index (χ4n) is 1.48. The first-order valence-electron chi connectivity index (χ1n) is 5.76. The number of hydrogen-bond donors (Lipinski definition) is 3. The summed E-state index contributed by atoms with van der Waals surface area (Å²) in [7, 11) is 0. The third kappa shape index (κ3) is 3.34. The first-order valence-corrected chi connectivity index (χ1v) is 5.76. The lowest BCUT2D eigenvalue weighted by molar-refractivity contribution is -0.133. The van der Waals surface area contributed by atoms with Gasteiger partial charge < -0.3 is 15.5 Å². The number of rotatable bonds is 3. The molecule has 0 bridgehead atoms. The number of carbonyl (C=O) groups excluding carboxylic acids is 1. The zero-order valence-electron chi connectivity index (χ0n) is 11.4. The summed E-state index contributed by atoms with van der Waals surface area (Å²) in [5.41, 5.74) is 2.05. The van der Waals surface area contributed by atoms with Crippen molar-refractivity contribution in [2.45, 2.75) is 27.7 Å². The Hall–Kier alpha value is -2.30. The lowest BCUT2D eigenvalue weighted by Gasteiger charge is -2.11. The third-order valence-electron chi connectivity index (χ3n) is 3.02. The molecule has 0 saturated carbocycles. The maximum Gasteiger partial charge on any atom is 0.331 e. The van der Waals surface area contributed by atoms with Crippen molar-refractivity contribution in [3.8, 4) is 5.75 Å². The van der Waals surface area contributed by atoms with E-state index in [0.29, 0.717) is 16.8 Å². The number of aliphatic carboxylic acids is 1. The average molecular weight is 263 g/mol. The SMILES string of the molecule is C/C(C(=O)O)=C(/C)C(=O)Nc1cc(C)c(O)cc1C. The van der Waals surface area contributed by atoms with Crippen LogP contribution in [0, 0.1) is 13.8 Å². The van der Waals surface area contributed by atoms with Crippen LogP contribution in [-0.2, 0) is 9.59 Å². The Morgan fingerprint density at radius 3 is 2.16 bits per heavy atom. The molecule has 0 atom stereocenters. The molecule has 0 aromatic heterocycles. The molecule has 0 aliphatic carbocycles. The van der Waals surface area contributed by atoms with Gasteiger partial charge in [0.15, 0.2) is 0 Å². The van der Waals surface area contributed by atoms with Crippen molar-refractivity contribution in [2.24, 2.45) is 0 Å². The van der Waals surface area contributed by atoms with Crippen molar-refractivity contribution in [3.05, 3.63) is 34.4 Å². The standard InChI is InChI=1S/C14H17NO4/c1-7-6-12(16)8(2)5-11(7)15-13(17)9(3)10(4)14(18)19/h5-6,16H,1-4H3,(H,15,17)(H,18,19)/b10-9+. The molecule has 0 radical (unpaired) electrons. The van der Waals surface area contributed by atoms with Crippen molar-refractivity contribution >= 4 is 17.6 Å². The topological polar surface area (TPSA) is 86.6 Å². The van der Waals surface area contributed by atoms with Crippen molar-refractivity contribution in [1.82, 2.24) is 0 Å². The van der Waals surface area contributed by atoms with Crippen molar-refractivity contribution in [1.29, 1.82) is 0 Å². The summed E-state index contributed by atoms with van der Waals surface area (Å²) in [6.45, 7) is 6.31. The van der Waals surface area contributed by atoms with Crippen LogP contribution in [0.4, 0.5) is 5.69 Å². The molecular formula is C14H17NO4. The van der Waals surface area contributed by atoms with E-state index in [1.54, 1.807) is 26.0 Å². The third-order valence-corrected chi connectivity index (χ3v) is 3.02. The Morgan fingerprint density at radius 2 is 1.63 bits per heavy atom. The Morgan fingerprint density at radius 1 is 1.05 bits per heavy atom. The summed E-state index contributed by atoms with van der Waals surface area (Å²) < 4.78 is 0. The van der Waals surface area contributed by atoms with Crippen LogP contribution >= 0.6 is 0 Å². The van der Waals surface area contributed by atoms with Gasteiger partial charge in [0.05, 0.1) is 0 Å². The molecule has 0 saturated heterocycles. The highest BCUT2D eigenvalue weighted by Gasteiger charge is 2.14. The summed E-state index contributed by atoms with van der Waals surface area (Å²) in [6, 6.07) is 3.19. The smallest absolute Gasteiger partial charge is 0.331 e. The summed E-state index contributed by atoms with van der Waals surface area (Å²) in [4.78, 5) is 22.7. The fourth-order valence-corrected chi connectivity index (χ4v) is 1.48. The first-order chi connectivity index (χ1) is 8.73. The van der Waals surface area contributed by atoms with E-state index < -0.39 is 11.9 Å². The molecular weight excluding hydrogens is 246 g/mol. The second-order valence-electron chi connectivity index (χ2n) is 4.46. The van der Waals surface area contributed by atoms with Crippen molar-refractivity contribution < 1.29 is 19.8 Å². The quantitative estimate of drug-likeness (QED) is 0.577. The van der Waals surface area contributed by atoms with E-state index in [4.69, 9.17) is 5.11 Å². The molecule has 0 spiro atoms. The van der Waals surface area contributed by atoms with Gasteiger partial charge in [0.25, 0.3) is 5.91 Å². The van der Waals surface area contributed by atoms with E-state index >= 15 is 0 Å². The molecule has 19 heavy (non-hydrogen) atoms. The van der Waals surface area contributed by atoms with Gasteiger partial charge in [-0.15, -0.1) is 0 Å². The lowest BCUT2D eigenvalue weighted by atomic mass is 10.1. The van der Waals surface area contributed by atoms with Crippen LogP contribution in [0.2, 0.25) is 0 Å². The molecule has 1 rings (SSSR count). The number of hydrogen-bond acceptors (Lipinski definition) is 3. The molecule has 0 fully saturated rings. The van der Waals surface area contributed by atoms with Crippen LogP contribution in [0.25, 0.3) is 0 Å². The molecule has 1 amide bonds. The van der Waals surface area contributed by atoms with E-state index in [2.05, 4.69) is 5.32 Å². The van der Waals surface area contributed by atoms with E-state index in [1.807, 2.05) is 0 Å². The van der Waals surface area contributed by atoms with Crippen LogP contribution in [-0.4, -0.2) is 22.1 Å². The highest BCUT2D eigenvalue weighted by atomic mass is 16.4. The molecule has 1 aromatic rings. The van der Waals surface area contributed by atoms with Crippen molar-refractivity contribution in [3.63, 3.8) is 0 Å². The minimum absolute atomic E-state index is 0.00523. The maximum atomic E-state index is 11.9. The highest BCUT2D eigenvalue weighted by molar-refractivity contribution is 6.08. The van der Waals surface area contributed by atoms with Gasteiger partial charge in [-0.25, -0.2) is 4.79 Å². The summed E-state index contributed by atoms with van der Waals surface area (Å²) >= 11 is 0. The lowest BCUT2D eigenvalue weighted by Crippen LogP contribution is -2.17. The van der Waals surface area contributed by atoms with Crippen LogP contribution in [0.3, 0.4) is 0 Å². The van der Waals surface area contributed by atoms with Gasteiger partial charge >= 0.3 is 5.97 Å². The average Bonchev–Trinajstić information content (AvgIpc) is 2.33. The number of aryl methyl sites for hydroxylation is 2. The molecule has 5 nitrogen and oxygen atoms in total. The predicted molar refractivity (Wildman–Crippen MR) is 72.2 cm³/mol. The van der Waals surface area contributed by atoms with Crippen LogP contribution < -0.4 is 5.32 Å². The number of phenols is 1. The first kappa shape index (κ1) is 14.8. The summed E-state index contributed by atoms with van der Waals surface area (Å²) in [5, 5.41) is 21.0. The number of amides is 1. The summed E-state index contributed by atoms with van der Waals surface area (Å²) in [6.07, 6.45) is 0. The van der Waals surface area contributed by atoms with Gasteiger partial charge in [-0.2, -0.15) is 0 Å². The maximum absolute atomic E-state index is 11.9. The van der Waals surface area contributed by atoms with E-state index in [0.717, 1.165) is 0 Å². The number of phenolic OH excluding ortho intramolecular Hbond substituents is 1. The van der Waals surface area contributed by atoms with E-state index in [1.165, 1.54) is 13.8 Å². The van der Waals surface area contributed by atoms with Gasteiger partial charge in [-0.1, -0.05) is 0 Å². The normalized spacial score (nSPS) is 11.8. The van der Waals surface area contributed by atoms with Gasteiger partial charge in [-0.05, 0) is 51.0 Å². The highest BCUT2D eigenvalue weighted by Crippen LogP contribution is 2.25. The molecule has 1 aromatic carbocycles. The second kappa shape index (κ2) is 5.56. The Labute approximate surface area is 111 Å². The predicted octanol–water partition coefficient (Wildman–Crippen LogP) is 2.37. The molecule has 0 aliphatic rings. The number of carboxylic acid groups (broad SMARTS) is 1. The molecule has 0 unspecified atom stereocenters. The zero-order valence-corrected chi connectivity index (χ0v) is 11.4. The number of benzene rings is 1. The van der Waals surface area contributed by atoms with E-state index in [9.17, 15) is 14.7 Å². The Kier molecular flexibility index (Phi) is 4.32. The number of carboxylic acids is 1. The monoisotopic (exact) mass is 263 g/mol. The van der Waals surface area contributed by atoms with Crippen LogP contribution in [0.1, 0.15) is 25.0 Å². The minimum Gasteiger partial charge on any atom is -0.508 e.